The van der Waals surface area contributed by atoms with Crippen LogP contribution in [-0.4, -0.2) is 41.4 Å². The third-order valence-electron chi connectivity index (χ3n) is 3.29. The van der Waals surface area contributed by atoms with Crippen LogP contribution in [0.25, 0.3) is 11.4 Å². The van der Waals surface area contributed by atoms with Crippen molar-refractivity contribution in [1.82, 2.24) is 20.5 Å². The minimum Gasteiger partial charge on any atom is -0.338 e. The van der Waals surface area contributed by atoms with Crippen molar-refractivity contribution in [2.45, 2.75) is 6.42 Å². The highest BCUT2D eigenvalue weighted by atomic mass is 79.9. The van der Waals surface area contributed by atoms with E-state index in [1.165, 1.54) is 0 Å². The highest BCUT2D eigenvalue weighted by molar-refractivity contribution is 9.10. The van der Waals surface area contributed by atoms with Gasteiger partial charge >= 0.3 is 0 Å². The summed E-state index contributed by atoms with van der Waals surface area (Å²) < 4.78 is 0.855. The Morgan fingerprint density at radius 1 is 1.25 bits per heavy atom. The molecule has 1 aromatic heterocycles. The number of nitrogens with zero attached hydrogens (tertiary/aromatic N) is 3. The molecule has 1 aromatic carbocycles. The lowest BCUT2D eigenvalue weighted by molar-refractivity contribution is 0.724. The summed E-state index contributed by atoms with van der Waals surface area (Å²) in [7, 11) is 0. The molecule has 0 atom stereocenters. The van der Waals surface area contributed by atoms with Gasteiger partial charge in [0, 0.05) is 29.7 Å². The first kappa shape index (κ1) is 13.9. The molecule has 1 saturated heterocycles. The standard InChI is InChI=1S/C13H15BrClN5/c14-10-8-9(2-3-11(10)15)12-17-13(19-18-12)20-6-1-4-16-5-7-20/h2-3,8,16H,1,4-7H2,(H,17,18,19). The van der Waals surface area contributed by atoms with Crippen LogP contribution in [0.1, 0.15) is 6.42 Å². The Bertz CT molecular complexity index is 592. The van der Waals surface area contributed by atoms with Crippen molar-refractivity contribution in [3.8, 4) is 11.4 Å². The van der Waals surface area contributed by atoms with Gasteiger partial charge in [0.1, 0.15) is 0 Å². The van der Waals surface area contributed by atoms with Gasteiger partial charge in [-0.25, -0.2) is 0 Å². The van der Waals surface area contributed by atoms with E-state index >= 15 is 0 Å². The van der Waals surface area contributed by atoms with Crippen molar-refractivity contribution in [1.29, 1.82) is 0 Å². The monoisotopic (exact) mass is 355 g/mol. The van der Waals surface area contributed by atoms with Gasteiger partial charge in [0.05, 0.1) is 5.02 Å². The molecule has 0 bridgehead atoms. The van der Waals surface area contributed by atoms with Crippen LogP contribution in [0.15, 0.2) is 22.7 Å². The van der Waals surface area contributed by atoms with Crippen LogP contribution in [0, 0.1) is 0 Å². The molecule has 2 N–H and O–H groups in total. The Morgan fingerprint density at radius 3 is 3.00 bits per heavy atom. The lowest BCUT2D eigenvalue weighted by Gasteiger charge is -2.16. The number of aromatic amines is 1. The molecule has 1 aliphatic heterocycles. The summed E-state index contributed by atoms with van der Waals surface area (Å²) in [5.74, 6) is 1.52. The molecule has 7 heteroatoms. The van der Waals surface area contributed by atoms with Gasteiger partial charge in [-0.1, -0.05) is 11.6 Å². The van der Waals surface area contributed by atoms with Crippen molar-refractivity contribution < 1.29 is 0 Å². The fraction of sp³-hybridized carbons (Fsp3) is 0.385. The zero-order valence-corrected chi connectivity index (χ0v) is 13.2. The Labute approximate surface area is 130 Å². The topological polar surface area (TPSA) is 56.8 Å². The highest BCUT2D eigenvalue weighted by Crippen LogP contribution is 2.27. The summed E-state index contributed by atoms with van der Waals surface area (Å²) >= 11 is 9.43. The first-order valence-corrected chi connectivity index (χ1v) is 7.74. The Morgan fingerprint density at radius 2 is 2.15 bits per heavy atom. The molecule has 2 heterocycles. The van der Waals surface area contributed by atoms with Gasteiger partial charge in [0.25, 0.3) is 0 Å². The van der Waals surface area contributed by atoms with Gasteiger partial charge in [-0.15, -0.1) is 5.10 Å². The third-order valence-corrected chi connectivity index (χ3v) is 4.50. The van der Waals surface area contributed by atoms with Crippen molar-refractivity contribution >= 4 is 33.5 Å². The zero-order chi connectivity index (χ0) is 13.9. The zero-order valence-electron chi connectivity index (χ0n) is 10.9. The van der Waals surface area contributed by atoms with Gasteiger partial charge in [-0.05, 0) is 47.1 Å². The largest absolute Gasteiger partial charge is 0.338 e. The Kier molecular flexibility index (Phi) is 4.24. The number of halogens is 2. The third kappa shape index (κ3) is 2.97. The molecule has 0 amide bonds. The number of H-pyrrole nitrogens is 1. The lowest BCUT2D eigenvalue weighted by Crippen LogP contribution is -2.28. The predicted octanol–water partition coefficient (Wildman–Crippen LogP) is 2.69. The van der Waals surface area contributed by atoms with Crippen molar-refractivity contribution in [2.75, 3.05) is 31.1 Å². The fourth-order valence-corrected chi connectivity index (χ4v) is 2.71. The van der Waals surface area contributed by atoms with E-state index in [0.29, 0.717) is 5.02 Å². The van der Waals surface area contributed by atoms with E-state index in [0.717, 1.165) is 54.4 Å². The average Bonchev–Trinajstić information content (AvgIpc) is 2.78. The fourth-order valence-electron chi connectivity index (χ4n) is 2.21. The van der Waals surface area contributed by atoms with Gasteiger partial charge in [0.2, 0.25) is 5.95 Å². The summed E-state index contributed by atoms with van der Waals surface area (Å²) in [4.78, 5) is 6.78. The van der Waals surface area contributed by atoms with Crippen LogP contribution < -0.4 is 10.2 Å². The number of hydrogen-bond acceptors (Lipinski definition) is 4. The van der Waals surface area contributed by atoms with Gasteiger partial charge in [0.15, 0.2) is 5.82 Å². The minimum atomic E-state index is 0.687. The van der Waals surface area contributed by atoms with Gasteiger partial charge in [-0.3, -0.25) is 5.10 Å². The maximum atomic E-state index is 6.00. The average molecular weight is 357 g/mol. The second-order valence-electron chi connectivity index (χ2n) is 4.70. The van der Waals surface area contributed by atoms with Gasteiger partial charge < -0.3 is 10.2 Å². The number of hydrogen-bond donors (Lipinski definition) is 2. The van der Waals surface area contributed by atoms with E-state index in [1.807, 2.05) is 18.2 Å². The predicted molar refractivity (Wildman–Crippen MR) is 84.2 cm³/mol. The molecule has 0 unspecified atom stereocenters. The quantitative estimate of drug-likeness (QED) is 0.868. The van der Waals surface area contributed by atoms with E-state index < -0.39 is 0 Å². The van der Waals surface area contributed by atoms with E-state index in [1.54, 1.807) is 0 Å². The first-order valence-electron chi connectivity index (χ1n) is 6.57. The molecule has 5 nitrogen and oxygen atoms in total. The smallest absolute Gasteiger partial charge is 0.245 e. The molecule has 0 spiro atoms. The normalized spacial score (nSPS) is 16.2. The summed E-state index contributed by atoms with van der Waals surface area (Å²) in [6, 6.07) is 5.72. The number of nitrogens with one attached hydrogen (secondary N) is 2. The number of rotatable bonds is 2. The summed E-state index contributed by atoms with van der Waals surface area (Å²) in [5, 5.41) is 11.4. The maximum absolute atomic E-state index is 6.00. The number of benzene rings is 1. The van der Waals surface area contributed by atoms with Crippen LogP contribution in [0.5, 0.6) is 0 Å². The second-order valence-corrected chi connectivity index (χ2v) is 5.97. The summed E-state index contributed by atoms with van der Waals surface area (Å²) in [6.45, 7) is 3.94. The second kappa shape index (κ2) is 6.11. The van der Waals surface area contributed by atoms with E-state index in [4.69, 9.17) is 11.6 Å². The van der Waals surface area contributed by atoms with Crippen molar-refractivity contribution in [3.63, 3.8) is 0 Å². The van der Waals surface area contributed by atoms with Crippen LogP contribution >= 0.6 is 27.5 Å². The molecule has 0 aliphatic carbocycles. The maximum Gasteiger partial charge on any atom is 0.245 e. The van der Waals surface area contributed by atoms with E-state index in [2.05, 4.69) is 41.3 Å². The lowest BCUT2D eigenvalue weighted by atomic mass is 10.2. The Balaban J connectivity index is 1.83. The SMILES string of the molecule is Clc1ccc(-c2nc(N3CCCNCC3)n[nH]2)cc1Br. The summed E-state index contributed by atoms with van der Waals surface area (Å²) in [5.41, 5.74) is 0.966. The van der Waals surface area contributed by atoms with E-state index in [9.17, 15) is 0 Å². The minimum absolute atomic E-state index is 0.687. The number of anilines is 1. The van der Waals surface area contributed by atoms with Crippen LogP contribution in [0.2, 0.25) is 5.02 Å². The Hall–Kier alpha value is -1.11. The number of aromatic nitrogens is 3. The molecule has 2 aromatic rings. The molecule has 0 saturated carbocycles. The molecule has 1 fully saturated rings. The summed E-state index contributed by atoms with van der Waals surface area (Å²) in [6.07, 6.45) is 1.11. The molecular weight excluding hydrogens is 342 g/mol. The highest BCUT2D eigenvalue weighted by Gasteiger charge is 2.15. The van der Waals surface area contributed by atoms with Crippen LogP contribution in [0.4, 0.5) is 5.95 Å². The van der Waals surface area contributed by atoms with E-state index in [-0.39, 0.29) is 0 Å². The molecule has 0 radical (unpaired) electrons. The molecule has 20 heavy (non-hydrogen) atoms. The van der Waals surface area contributed by atoms with Crippen LogP contribution in [0.3, 0.4) is 0 Å². The first-order chi connectivity index (χ1) is 9.74. The van der Waals surface area contributed by atoms with Crippen molar-refractivity contribution in [2.24, 2.45) is 0 Å². The van der Waals surface area contributed by atoms with Crippen LogP contribution in [-0.2, 0) is 0 Å². The molecule has 1 aliphatic rings. The van der Waals surface area contributed by atoms with Crippen molar-refractivity contribution in [3.05, 3.63) is 27.7 Å². The van der Waals surface area contributed by atoms with Gasteiger partial charge in [-0.2, -0.15) is 4.98 Å². The molecular formula is C13H15BrClN5. The molecule has 106 valence electrons. The molecule has 3 rings (SSSR count).